The highest BCUT2D eigenvalue weighted by atomic mass is 32.2. The monoisotopic (exact) mass is 580 g/mol. The van der Waals surface area contributed by atoms with E-state index in [1.165, 1.54) is 40.7 Å². The molecule has 0 spiro atoms. The lowest BCUT2D eigenvalue weighted by Crippen LogP contribution is -2.45. The van der Waals surface area contributed by atoms with Crippen LogP contribution in [0, 0.1) is 10.1 Å². The molecule has 1 fully saturated rings. The highest BCUT2D eigenvalue weighted by Crippen LogP contribution is 2.30. The average molecular weight is 581 g/mol. The number of hydrogen-bond acceptors (Lipinski definition) is 7. The number of aromatic carboxylic acids is 1. The van der Waals surface area contributed by atoms with Crippen LogP contribution in [0.25, 0.3) is 0 Å². The summed E-state index contributed by atoms with van der Waals surface area (Å²) in [7, 11) is -4.18. The Morgan fingerprint density at radius 3 is 2.37 bits per heavy atom. The van der Waals surface area contributed by atoms with Crippen LogP contribution in [0.3, 0.4) is 0 Å². The molecule has 1 heterocycles. The fourth-order valence-corrected chi connectivity index (χ4v) is 6.40. The van der Waals surface area contributed by atoms with Crippen molar-refractivity contribution in [2.24, 2.45) is 0 Å². The lowest BCUT2D eigenvalue weighted by Gasteiger charge is -2.33. The lowest BCUT2D eigenvalue weighted by atomic mass is 9.87. The molecule has 216 valence electrons. The molecule has 1 amide bonds. The Labute approximate surface area is 238 Å². The van der Waals surface area contributed by atoms with Gasteiger partial charge in [0.05, 0.1) is 16.2 Å². The quantitative estimate of drug-likeness (QED) is 0.245. The summed E-state index contributed by atoms with van der Waals surface area (Å²) >= 11 is 0. The number of carbonyl (C=O) groups is 2. The van der Waals surface area contributed by atoms with Gasteiger partial charge < -0.3 is 15.7 Å². The van der Waals surface area contributed by atoms with Gasteiger partial charge in [0, 0.05) is 36.4 Å². The molecule has 0 saturated carbocycles. The molecule has 3 aromatic rings. The number of nitro groups is 1. The Balaban J connectivity index is 1.54. The van der Waals surface area contributed by atoms with Crippen molar-refractivity contribution < 1.29 is 28.0 Å². The molecule has 1 unspecified atom stereocenters. The number of carboxylic acids is 1. The van der Waals surface area contributed by atoms with Crippen LogP contribution in [-0.2, 0) is 15.4 Å². The Kier molecular flexibility index (Phi) is 8.45. The zero-order valence-corrected chi connectivity index (χ0v) is 23.8. The van der Waals surface area contributed by atoms with Crippen molar-refractivity contribution >= 4 is 39.0 Å². The summed E-state index contributed by atoms with van der Waals surface area (Å²) in [5.74, 6) is -1.55. The number of amides is 1. The number of hydrogen-bond donors (Lipinski definition) is 3. The molecule has 1 saturated heterocycles. The number of carboxylic acid groups (broad SMARTS) is 1. The van der Waals surface area contributed by atoms with Gasteiger partial charge in [0.1, 0.15) is 0 Å². The third-order valence-electron chi connectivity index (χ3n) is 6.94. The number of nitrogens with zero attached hydrogens (tertiary/aromatic N) is 2. The van der Waals surface area contributed by atoms with Crippen molar-refractivity contribution in [2.45, 2.75) is 50.0 Å². The maximum Gasteiger partial charge on any atom is 0.337 e. The summed E-state index contributed by atoms with van der Waals surface area (Å²) in [6, 6.07) is 16.3. The summed E-state index contributed by atoms with van der Waals surface area (Å²) in [4.78, 5) is 35.1. The van der Waals surface area contributed by atoms with E-state index in [4.69, 9.17) is 0 Å². The SMILES string of the molecule is CC(C)(C)c1ccc(C(=O)Nc2ccc(C(=O)O)c(NC3CCCN(S(=O)(=O)c4ccccc4[N+](=O)[O-])C3)c2)cc1. The second kappa shape index (κ2) is 11.7. The summed E-state index contributed by atoms with van der Waals surface area (Å²) in [6.07, 6.45) is 1.000. The molecule has 41 heavy (non-hydrogen) atoms. The highest BCUT2D eigenvalue weighted by Gasteiger charge is 2.35. The molecular weight excluding hydrogens is 548 g/mol. The second-order valence-electron chi connectivity index (χ2n) is 10.9. The minimum absolute atomic E-state index is 0.0237. The van der Waals surface area contributed by atoms with Gasteiger partial charge in [-0.3, -0.25) is 14.9 Å². The van der Waals surface area contributed by atoms with E-state index in [9.17, 15) is 33.2 Å². The maximum absolute atomic E-state index is 13.3. The molecular formula is C29H32N4O7S. The highest BCUT2D eigenvalue weighted by molar-refractivity contribution is 7.89. The first-order chi connectivity index (χ1) is 19.3. The first kappa shape index (κ1) is 29.7. The van der Waals surface area contributed by atoms with Crippen LogP contribution < -0.4 is 10.6 Å². The van der Waals surface area contributed by atoms with Crippen molar-refractivity contribution in [1.82, 2.24) is 4.31 Å². The fraction of sp³-hybridized carbons (Fsp3) is 0.310. The molecule has 4 rings (SSSR count). The van der Waals surface area contributed by atoms with Crippen molar-refractivity contribution in [3.05, 3.63) is 93.5 Å². The molecule has 1 aliphatic rings. The number of sulfonamides is 1. The molecule has 12 heteroatoms. The van der Waals surface area contributed by atoms with E-state index in [-0.39, 0.29) is 35.7 Å². The second-order valence-corrected chi connectivity index (χ2v) is 12.8. The summed E-state index contributed by atoms with van der Waals surface area (Å²) < 4.78 is 27.8. The van der Waals surface area contributed by atoms with Crippen molar-refractivity contribution in [2.75, 3.05) is 23.7 Å². The van der Waals surface area contributed by atoms with E-state index >= 15 is 0 Å². The van der Waals surface area contributed by atoms with Gasteiger partial charge in [-0.05, 0) is 60.2 Å². The predicted molar refractivity (Wildman–Crippen MR) is 155 cm³/mol. The molecule has 1 aliphatic heterocycles. The van der Waals surface area contributed by atoms with Gasteiger partial charge in [0.15, 0.2) is 4.90 Å². The first-order valence-electron chi connectivity index (χ1n) is 13.1. The number of anilines is 2. The number of rotatable bonds is 8. The number of benzene rings is 3. The maximum atomic E-state index is 13.3. The standard InChI is InChI=1S/C29H32N4O7S/c1-29(2,3)20-12-10-19(11-13-20)27(34)31-21-14-15-23(28(35)36)24(17-21)30-22-7-6-16-32(18-22)41(39,40)26-9-5-4-8-25(26)33(37)38/h4-5,8-15,17,22,30H,6-7,16,18H2,1-3H3,(H,31,34)(H,35,36). The molecule has 0 bridgehead atoms. The van der Waals surface area contributed by atoms with E-state index in [1.807, 2.05) is 12.1 Å². The molecule has 0 radical (unpaired) electrons. The molecule has 0 aromatic heterocycles. The number of nitrogens with one attached hydrogen (secondary N) is 2. The normalized spacial score (nSPS) is 16.1. The van der Waals surface area contributed by atoms with E-state index in [0.717, 1.165) is 11.6 Å². The van der Waals surface area contributed by atoms with Crippen LogP contribution in [0.5, 0.6) is 0 Å². The van der Waals surface area contributed by atoms with Crippen molar-refractivity contribution in [3.63, 3.8) is 0 Å². The Morgan fingerprint density at radius 2 is 1.73 bits per heavy atom. The van der Waals surface area contributed by atoms with Crippen LogP contribution in [0.15, 0.2) is 71.6 Å². The van der Waals surface area contributed by atoms with E-state index in [1.54, 1.807) is 12.1 Å². The number of nitro benzene ring substituents is 1. The summed E-state index contributed by atoms with van der Waals surface area (Å²) in [6.45, 7) is 6.37. The van der Waals surface area contributed by atoms with Gasteiger partial charge in [-0.2, -0.15) is 4.31 Å². The van der Waals surface area contributed by atoms with Gasteiger partial charge in [-0.25, -0.2) is 13.2 Å². The number of carbonyl (C=O) groups excluding carboxylic acids is 1. The van der Waals surface area contributed by atoms with Crippen LogP contribution in [-0.4, -0.2) is 53.8 Å². The van der Waals surface area contributed by atoms with Gasteiger partial charge in [0.2, 0.25) is 10.0 Å². The fourth-order valence-electron chi connectivity index (χ4n) is 4.72. The number of para-hydroxylation sites is 1. The third kappa shape index (κ3) is 6.72. The first-order valence-corrected chi connectivity index (χ1v) is 14.5. The van der Waals surface area contributed by atoms with Crippen LogP contribution in [0.2, 0.25) is 0 Å². The minimum Gasteiger partial charge on any atom is -0.478 e. The van der Waals surface area contributed by atoms with Crippen LogP contribution in [0.4, 0.5) is 17.1 Å². The lowest BCUT2D eigenvalue weighted by molar-refractivity contribution is -0.387. The van der Waals surface area contributed by atoms with Crippen LogP contribution >= 0.6 is 0 Å². The Hall–Kier alpha value is -4.29. The predicted octanol–water partition coefficient (Wildman–Crippen LogP) is 5.11. The van der Waals surface area contributed by atoms with E-state index in [2.05, 4.69) is 31.4 Å². The summed E-state index contributed by atoms with van der Waals surface area (Å²) in [5, 5.41) is 27.1. The largest absolute Gasteiger partial charge is 0.478 e. The molecule has 1 atom stereocenters. The van der Waals surface area contributed by atoms with E-state index < -0.39 is 37.5 Å². The molecule has 0 aliphatic carbocycles. The molecule has 11 nitrogen and oxygen atoms in total. The zero-order valence-electron chi connectivity index (χ0n) is 23.0. The van der Waals surface area contributed by atoms with Crippen molar-refractivity contribution in [1.29, 1.82) is 0 Å². The Bertz CT molecular complexity index is 1580. The van der Waals surface area contributed by atoms with Crippen LogP contribution in [0.1, 0.15) is 59.9 Å². The van der Waals surface area contributed by atoms with Gasteiger partial charge in [-0.15, -0.1) is 0 Å². The topological polar surface area (TPSA) is 159 Å². The van der Waals surface area contributed by atoms with Gasteiger partial charge in [0.25, 0.3) is 11.6 Å². The van der Waals surface area contributed by atoms with Gasteiger partial charge >= 0.3 is 5.97 Å². The van der Waals surface area contributed by atoms with Gasteiger partial charge in [-0.1, -0.05) is 45.0 Å². The van der Waals surface area contributed by atoms with Crippen molar-refractivity contribution in [3.8, 4) is 0 Å². The zero-order chi connectivity index (χ0) is 29.9. The minimum atomic E-state index is -4.18. The molecule has 3 aromatic carbocycles. The average Bonchev–Trinajstić information content (AvgIpc) is 2.92. The third-order valence-corrected chi connectivity index (χ3v) is 8.86. The summed E-state index contributed by atoms with van der Waals surface area (Å²) in [5.41, 5.74) is 1.49. The van der Waals surface area contributed by atoms with E-state index in [0.29, 0.717) is 24.1 Å². The smallest absolute Gasteiger partial charge is 0.337 e. The molecule has 3 N–H and O–H groups in total. The number of piperidine rings is 1. The Morgan fingerprint density at radius 1 is 1.05 bits per heavy atom.